The maximum absolute atomic E-state index is 14.0. The Morgan fingerprint density at radius 3 is 2.34 bits per heavy atom. The van der Waals surface area contributed by atoms with Crippen LogP contribution < -0.4 is 10.3 Å². The van der Waals surface area contributed by atoms with Gasteiger partial charge in [-0.25, -0.2) is 4.39 Å². The molecule has 1 aromatic heterocycles. The van der Waals surface area contributed by atoms with Gasteiger partial charge >= 0.3 is 6.18 Å². The number of rotatable bonds is 4. The number of fused-ring (bicyclic) bond motifs is 1. The van der Waals surface area contributed by atoms with E-state index in [1.165, 1.54) is 6.07 Å². The number of nitrogens with one attached hydrogen (secondary N) is 1. The molecule has 4 nitrogen and oxygen atoms in total. The molecule has 1 saturated heterocycles. The molecule has 0 spiro atoms. The number of halogens is 4. The second-order valence-corrected chi connectivity index (χ2v) is 8.22. The third-order valence-electron chi connectivity index (χ3n) is 6.09. The van der Waals surface area contributed by atoms with Crippen LogP contribution in [0.15, 0.2) is 39.5 Å². The van der Waals surface area contributed by atoms with Crippen molar-refractivity contribution >= 4 is 11.0 Å². The molecule has 1 fully saturated rings. The molecule has 1 aliphatic rings. The highest BCUT2D eigenvalue weighted by molar-refractivity contribution is 5.87. The number of hydrogen-bond donors (Lipinski definition) is 2. The highest BCUT2D eigenvalue weighted by Crippen LogP contribution is 2.40. The summed E-state index contributed by atoms with van der Waals surface area (Å²) in [6.07, 6.45) is -1.47. The van der Waals surface area contributed by atoms with E-state index < -0.39 is 28.7 Å². The Bertz CT molecular complexity index is 1190. The van der Waals surface area contributed by atoms with Crippen LogP contribution in [0.1, 0.15) is 43.1 Å². The van der Waals surface area contributed by atoms with Gasteiger partial charge in [-0.15, -0.1) is 0 Å². The summed E-state index contributed by atoms with van der Waals surface area (Å²) in [6, 6.07) is 5.65. The highest BCUT2D eigenvalue weighted by atomic mass is 19.4. The lowest BCUT2D eigenvalue weighted by Gasteiger charge is -2.25. The second kappa shape index (κ2) is 8.58. The summed E-state index contributed by atoms with van der Waals surface area (Å²) in [5, 5.41) is 10.8. The Morgan fingerprint density at radius 1 is 1.09 bits per heavy atom. The fourth-order valence-corrected chi connectivity index (χ4v) is 4.44. The number of piperidine rings is 1. The molecule has 0 atom stereocenters. The average molecular weight is 450 g/mol. The van der Waals surface area contributed by atoms with Crippen molar-refractivity contribution in [3.63, 3.8) is 0 Å². The largest absolute Gasteiger partial charge is 0.507 e. The number of alkyl halides is 3. The van der Waals surface area contributed by atoms with E-state index in [2.05, 4.69) is 0 Å². The van der Waals surface area contributed by atoms with Gasteiger partial charge in [-0.3, -0.25) is 4.79 Å². The summed E-state index contributed by atoms with van der Waals surface area (Å²) in [6.45, 7) is 3.74. The maximum atomic E-state index is 14.0. The van der Waals surface area contributed by atoms with Gasteiger partial charge in [-0.1, -0.05) is 19.1 Å². The first-order valence-corrected chi connectivity index (χ1v) is 10.7. The molecule has 0 bridgehead atoms. The smallest absolute Gasteiger partial charge is 0.450 e. The summed E-state index contributed by atoms with van der Waals surface area (Å²) in [5.41, 5.74) is -1.13. The normalized spacial score (nSPS) is 15.4. The molecular weight excluding hydrogens is 426 g/mol. The summed E-state index contributed by atoms with van der Waals surface area (Å²) in [7, 11) is 0. The maximum Gasteiger partial charge on any atom is 0.450 e. The van der Waals surface area contributed by atoms with Gasteiger partial charge in [-0.2, -0.15) is 13.2 Å². The minimum atomic E-state index is -4.95. The first kappa shape index (κ1) is 22.3. The molecule has 4 rings (SSSR count). The van der Waals surface area contributed by atoms with Gasteiger partial charge < -0.3 is 14.4 Å². The molecule has 0 amide bonds. The standard InChI is InChI=1S/C24H23F4NO3/c1-2-14-12-17-21(31)19(15-6-8-16(25)9-7-15)23(24(26,27)28)32-22(17)18(20(14)30)13-29-10-4-3-5-11-29/h6-9,12,30H,2-5,10-11,13H2,1H3/p+1. The number of benzene rings is 2. The van der Waals surface area contributed by atoms with Crippen LogP contribution in [-0.2, 0) is 19.1 Å². The summed E-state index contributed by atoms with van der Waals surface area (Å²) < 4.78 is 60.7. The minimum absolute atomic E-state index is 0.0154. The molecule has 2 aromatic carbocycles. The molecule has 1 aliphatic heterocycles. The van der Waals surface area contributed by atoms with Gasteiger partial charge in [0, 0.05) is 0 Å². The Kier molecular flexibility index (Phi) is 5.99. The van der Waals surface area contributed by atoms with Crippen LogP contribution in [0.2, 0.25) is 0 Å². The number of aryl methyl sites for hydroxylation is 1. The van der Waals surface area contributed by atoms with Gasteiger partial charge in [0.05, 0.1) is 29.6 Å². The van der Waals surface area contributed by atoms with Crippen molar-refractivity contribution in [2.24, 2.45) is 0 Å². The third kappa shape index (κ3) is 4.11. The van der Waals surface area contributed by atoms with E-state index in [9.17, 15) is 27.5 Å². The average Bonchev–Trinajstić information content (AvgIpc) is 2.76. The monoisotopic (exact) mass is 450 g/mol. The topological polar surface area (TPSA) is 54.9 Å². The summed E-state index contributed by atoms with van der Waals surface area (Å²) in [5.74, 6) is -2.19. The predicted molar refractivity (Wildman–Crippen MR) is 112 cm³/mol. The Labute approximate surface area is 182 Å². The van der Waals surface area contributed by atoms with Crippen molar-refractivity contribution in [3.05, 3.63) is 63.3 Å². The molecule has 2 heterocycles. The van der Waals surface area contributed by atoms with Crippen molar-refractivity contribution in [1.82, 2.24) is 0 Å². The molecule has 0 unspecified atom stereocenters. The second-order valence-electron chi connectivity index (χ2n) is 8.22. The lowest BCUT2D eigenvalue weighted by molar-refractivity contribution is -0.918. The van der Waals surface area contributed by atoms with Gasteiger partial charge in [0.15, 0.2) is 5.58 Å². The fourth-order valence-electron chi connectivity index (χ4n) is 4.44. The molecule has 2 N–H and O–H groups in total. The molecule has 0 saturated carbocycles. The van der Waals surface area contributed by atoms with E-state index in [1.54, 1.807) is 6.92 Å². The number of quaternary nitrogens is 1. The summed E-state index contributed by atoms with van der Waals surface area (Å²) >= 11 is 0. The van der Waals surface area contributed by atoms with Crippen LogP contribution in [-0.4, -0.2) is 18.2 Å². The molecule has 8 heteroatoms. The first-order valence-electron chi connectivity index (χ1n) is 10.7. The predicted octanol–water partition coefficient (Wildman–Crippen LogP) is 4.45. The van der Waals surface area contributed by atoms with Gasteiger partial charge in [0.25, 0.3) is 0 Å². The van der Waals surface area contributed by atoms with Crippen LogP contribution in [0.3, 0.4) is 0 Å². The number of hydrogen-bond acceptors (Lipinski definition) is 3. The van der Waals surface area contributed by atoms with Crippen LogP contribution >= 0.6 is 0 Å². The highest BCUT2D eigenvalue weighted by Gasteiger charge is 2.40. The Balaban J connectivity index is 2.02. The third-order valence-corrected chi connectivity index (χ3v) is 6.09. The van der Waals surface area contributed by atoms with E-state index in [4.69, 9.17) is 4.42 Å². The number of phenolic OH excluding ortho intramolecular Hbond substituents is 1. The lowest BCUT2D eigenvalue weighted by atomic mass is 9.97. The molecule has 170 valence electrons. The van der Waals surface area contributed by atoms with E-state index >= 15 is 0 Å². The van der Waals surface area contributed by atoms with E-state index in [1.807, 2.05) is 0 Å². The zero-order valence-corrected chi connectivity index (χ0v) is 17.6. The molecule has 0 radical (unpaired) electrons. The zero-order valence-electron chi connectivity index (χ0n) is 17.6. The van der Waals surface area contributed by atoms with Gasteiger partial charge in [-0.05, 0) is 55.0 Å². The van der Waals surface area contributed by atoms with Crippen LogP contribution in [0.25, 0.3) is 22.1 Å². The number of phenols is 1. The number of aromatic hydroxyl groups is 1. The number of likely N-dealkylation sites (tertiary alicyclic amines) is 1. The lowest BCUT2D eigenvalue weighted by Crippen LogP contribution is -3.11. The first-order chi connectivity index (χ1) is 15.2. The fraction of sp³-hybridized carbons (Fsp3) is 0.375. The van der Waals surface area contributed by atoms with Gasteiger partial charge in [0.1, 0.15) is 18.1 Å². The van der Waals surface area contributed by atoms with Crippen LogP contribution in [0, 0.1) is 5.82 Å². The Morgan fingerprint density at radius 2 is 1.75 bits per heavy atom. The van der Waals surface area contributed by atoms with Crippen LogP contribution in [0.4, 0.5) is 17.6 Å². The Hall–Kier alpha value is -2.87. The molecule has 32 heavy (non-hydrogen) atoms. The SMILES string of the molecule is CCc1cc2c(=O)c(-c3ccc(F)cc3)c(C(F)(F)F)oc2c(C[NH+]2CCCCC2)c1O. The minimum Gasteiger partial charge on any atom is -0.507 e. The van der Waals surface area contributed by atoms with Gasteiger partial charge in [0.2, 0.25) is 11.2 Å². The van der Waals surface area contributed by atoms with E-state index in [0.717, 1.165) is 61.5 Å². The van der Waals surface area contributed by atoms with Crippen molar-refractivity contribution in [2.75, 3.05) is 13.1 Å². The van der Waals surface area contributed by atoms with E-state index in [0.29, 0.717) is 12.0 Å². The molecule has 3 aromatic rings. The van der Waals surface area contributed by atoms with Crippen molar-refractivity contribution in [3.8, 4) is 16.9 Å². The zero-order chi connectivity index (χ0) is 23.0. The quantitative estimate of drug-likeness (QED) is 0.578. The molecule has 0 aliphatic carbocycles. The van der Waals surface area contributed by atoms with E-state index in [-0.39, 0.29) is 34.4 Å². The van der Waals surface area contributed by atoms with Crippen molar-refractivity contribution in [1.29, 1.82) is 0 Å². The summed E-state index contributed by atoms with van der Waals surface area (Å²) in [4.78, 5) is 14.5. The molecular formula is C24H24F4NO3+. The van der Waals surface area contributed by atoms with Crippen molar-refractivity contribution in [2.45, 2.75) is 45.3 Å². The van der Waals surface area contributed by atoms with Crippen LogP contribution in [0.5, 0.6) is 5.75 Å². The van der Waals surface area contributed by atoms with Crippen molar-refractivity contribution < 1.29 is 32.0 Å².